The van der Waals surface area contributed by atoms with Gasteiger partial charge in [-0.05, 0) is 42.5 Å². The second-order valence-corrected chi connectivity index (χ2v) is 8.16. The average Bonchev–Trinajstić information content (AvgIpc) is 3.10. The lowest BCUT2D eigenvalue weighted by molar-refractivity contribution is 0.0591. The Morgan fingerprint density at radius 1 is 0.929 bits per heavy atom. The van der Waals surface area contributed by atoms with Gasteiger partial charge in [-0.25, -0.2) is 0 Å². The third-order valence-corrected chi connectivity index (χ3v) is 6.60. The number of aryl methyl sites for hydroxylation is 1. The first kappa shape index (κ1) is 17.5. The molecule has 2 aromatic carbocycles. The minimum absolute atomic E-state index is 0.168. The molecule has 0 saturated carbocycles. The average molecular weight is 374 g/mol. The highest BCUT2D eigenvalue weighted by Crippen LogP contribution is 2.26. The summed E-state index contributed by atoms with van der Waals surface area (Å²) in [5, 5.41) is 1.13. The standard InChI is InChI=1S/C24H27N3O/c1-25-22-9-5-4-7-19(22)16-23(25)24(28)26-14-11-21(12-15-26)27-13-10-18-6-2-3-8-20(18)17-27/h2-9,16,21H,10-15,17H2,1H3. The SMILES string of the molecule is Cn1c(C(=O)N2CCC(N3CCc4ccccc4C3)CC2)cc2ccccc21. The van der Waals surface area contributed by atoms with Crippen molar-refractivity contribution < 1.29 is 4.79 Å². The summed E-state index contributed by atoms with van der Waals surface area (Å²) in [4.78, 5) is 17.8. The summed E-state index contributed by atoms with van der Waals surface area (Å²) in [6, 6.07) is 19.6. The number of nitrogens with zero attached hydrogens (tertiary/aromatic N) is 3. The molecule has 1 fully saturated rings. The van der Waals surface area contributed by atoms with E-state index in [0.717, 1.165) is 62.0 Å². The molecule has 4 nitrogen and oxygen atoms in total. The Morgan fingerprint density at radius 2 is 1.64 bits per heavy atom. The van der Waals surface area contributed by atoms with Crippen molar-refractivity contribution in [2.75, 3.05) is 19.6 Å². The highest BCUT2D eigenvalue weighted by atomic mass is 16.2. The monoisotopic (exact) mass is 373 g/mol. The van der Waals surface area contributed by atoms with Gasteiger partial charge in [-0.3, -0.25) is 9.69 Å². The van der Waals surface area contributed by atoms with E-state index in [4.69, 9.17) is 0 Å². The Balaban J connectivity index is 1.26. The number of benzene rings is 2. The van der Waals surface area contributed by atoms with Crippen LogP contribution in [0.4, 0.5) is 0 Å². The number of amides is 1. The molecule has 0 unspecified atom stereocenters. The molecular formula is C24H27N3O. The van der Waals surface area contributed by atoms with Crippen LogP contribution in [0.1, 0.15) is 34.5 Å². The van der Waals surface area contributed by atoms with Crippen LogP contribution in [0.2, 0.25) is 0 Å². The van der Waals surface area contributed by atoms with Gasteiger partial charge in [0.15, 0.2) is 0 Å². The van der Waals surface area contributed by atoms with E-state index in [-0.39, 0.29) is 5.91 Å². The number of hydrogen-bond donors (Lipinski definition) is 0. The summed E-state index contributed by atoms with van der Waals surface area (Å²) in [7, 11) is 1.99. The minimum Gasteiger partial charge on any atom is -0.340 e. The topological polar surface area (TPSA) is 28.5 Å². The molecule has 2 aliphatic rings. The lowest BCUT2D eigenvalue weighted by atomic mass is 9.95. The molecule has 1 amide bonds. The van der Waals surface area contributed by atoms with Gasteiger partial charge in [0.1, 0.15) is 5.69 Å². The quantitative estimate of drug-likeness (QED) is 0.683. The Morgan fingerprint density at radius 3 is 2.43 bits per heavy atom. The molecule has 28 heavy (non-hydrogen) atoms. The molecule has 1 aromatic heterocycles. The zero-order chi connectivity index (χ0) is 19.1. The lowest BCUT2D eigenvalue weighted by Crippen LogP contribution is -2.48. The molecule has 3 heterocycles. The molecule has 0 aliphatic carbocycles. The van der Waals surface area contributed by atoms with Crippen molar-refractivity contribution in [2.24, 2.45) is 7.05 Å². The maximum Gasteiger partial charge on any atom is 0.270 e. The number of carbonyl (C=O) groups excluding carboxylic acids is 1. The van der Waals surface area contributed by atoms with Crippen molar-refractivity contribution in [3.8, 4) is 0 Å². The molecule has 5 rings (SSSR count). The van der Waals surface area contributed by atoms with Crippen LogP contribution in [0, 0.1) is 0 Å². The minimum atomic E-state index is 0.168. The van der Waals surface area contributed by atoms with Gasteiger partial charge < -0.3 is 9.47 Å². The van der Waals surface area contributed by atoms with Gasteiger partial charge in [-0.15, -0.1) is 0 Å². The van der Waals surface area contributed by atoms with Gasteiger partial charge in [-0.2, -0.15) is 0 Å². The van der Waals surface area contributed by atoms with Crippen molar-refractivity contribution >= 4 is 16.8 Å². The van der Waals surface area contributed by atoms with Gasteiger partial charge in [0, 0.05) is 50.2 Å². The maximum absolute atomic E-state index is 13.1. The first-order valence-corrected chi connectivity index (χ1v) is 10.4. The van der Waals surface area contributed by atoms with Crippen LogP contribution in [-0.2, 0) is 20.0 Å². The fourth-order valence-electron chi connectivity index (χ4n) is 4.92. The predicted octanol–water partition coefficient (Wildman–Crippen LogP) is 3.84. The van der Waals surface area contributed by atoms with Crippen LogP contribution < -0.4 is 0 Å². The Bertz CT molecular complexity index is 1010. The summed E-state index contributed by atoms with van der Waals surface area (Å²) in [5.41, 5.74) is 4.89. The summed E-state index contributed by atoms with van der Waals surface area (Å²) < 4.78 is 2.03. The molecule has 1 saturated heterocycles. The largest absolute Gasteiger partial charge is 0.340 e. The third kappa shape index (κ3) is 3.02. The third-order valence-electron chi connectivity index (χ3n) is 6.60. The first-order chi connectivity index (χ1) is 13.7. The number of hydrogen-bond acceptors (Lipinski definition) is 2. The number of para-hydroxylation sites is 1. The molecule has 3 aromatic rings. The van der Waals surface area contributed by atoms with E-state index in [1.807, 2.05) is 34.7 Å². The van der Waals surface area contributed by atoms with Crippen molar-refractivity contribution in [1.82, 2.24) is 14.4 Å². The number of rotatable bonds is 2. The molecule has 0 spiro atoms. The van der Waals surface area contributed by atoms with E-state index < -0.39 is 0 Å². The number of fused-ring (bicyclic) bond motifs is 2. The lowest BCUT2D eigenvalue weighted by Gasteiger charge is -2.40. The Labute approximate surface area is 166 Å². The molecule has 4 heteroatoms. The second-order valence-electron chi connectivity index (χ2n) is 8.16. The van der Waals surface area contributed by atoms with Crippen LogP contribution in [0.3, 0.4) is 0 Å². The van der Waals surface area contributed by atoms with Crippen LogP contribution >= 0.6 is 0 Å². The number of carbonyl (C=O) groups is 1. The molecule has 2 aliphatic heterocycles. The van der Waals surface area contributed by atoms with Gasteiger partial charge >= 0.3 is 0 Å². The van der Waals surface area contributed by atoms with Crippen molar-refractivity contribution in [2.45, 2.75) is 31.8 Å². The van der Waals surface area contributed by atoms with Crippen LogP contribution in [-0.4, -0.2) is 46.0 Å². The van der Waals surface area contributed by atoms with Crippen LogP contribution in [0.5, 0.6) is 0 Å². The molecule has 144 valence electrons. The van der Waals surface area contributed by atoms with E-state index in [2.05, 4.69) is 41.3 Å². The number of aromatic nitrogens is 1. The number of likely N-dealkylation sites (tertiary alicyclic amines) is 1. The first-order valence-electron chi connectivity index (χ1n) is 10.4. The smallest absolute Gasteiger partial charge is 0.270 e. The summed E-state index contributed by atoms with van der Waals surface area (Å²) in [5.74, 6) is 0.168. The molecule has 0 N–H and O–H groups in total. The van der Waals surface area contributed by atoms with E-state index in [9.17, 15) is 4.79 Å². The number of piperidine rings is 1. The van der Waals surface area contributed by atoms with Crippen LogP contribution in [0.25, 0.3) is 10.9 Å². The van der Waals surface area contributed by atoms with Crippen molar-refractivity contribution in [3.05, 3.63) is 71.4 Å². The van der Waals surface area contributed by atoms with Crippen molar-refractivity contribution in [3.63, 3.8) is 0 Å². The molecular weight excluding hydrogens is 346 g/mol. The predicted molar refractivity (Wildman–Crippen MR) is 112 cm³/mol. The zero-order valence-electron chi connectivity index (χ0n) is 16.5. The van der Waals surface area contributed by atoms with E-state index >= 15 is 0 Å². The fraction of sp³-hybridized carbons (Fsp3) is 0.375. The van der Waals surface area contributed by atoms with Crippen LogP contribution in [0.15, 0.2) is 54.6 Å². The normalized spacial score (nSPS) is 18.4. The van der Waals surface area contributed by atoms with Crippen molar-refractivity contribution in [1.29, 1.82) is 0 Å². The molecule has 0 atom stereocenters. The summed E-state index contributed by atoms with van der Waals surface area (Å²) in [6.07, 6.45) is 3.28. The molecule has 0 bridgehead atoms. The Kier molecular flexibility index (Phi) is 4.44. The Hall–Kier alpha value is -2.59. The maximum atomic E-state index is 13.1. The zero-order valence-corrected chi connectivity index (χ0v) is 16.5. The van der Waals surface area contributed by atoms with E-state index in [1.54, 1.807) is 0 Å². The summed E-state index contributed by atoms with van der Waals surface area (Å²) >= 11 is 0. The summed E-state index contributed by atoms with van der Waals surface area (Å²) in [6.45, 7) is 3.89. The van der Waals surface area contributed by atoms with E-state index in [0.29, 0.717) is 6.04 Å². The fourth-order valence-corrected chi connectivity index (χ4v) is 4.92. The van der Waals surface area contributed by atoms with Gasteiger partial charge in [0.05, 0.1) is 0 Å². The van der Waals surface area contributed by atoms with Gasteiger partial charge in [0.2, 0.25) is 0 Å². The highest BCUT2D eigenvalue weighted by molar-refractivity contribution is 5.98. The van der Waals surface area contributed by atoms with Gasteiger partial charge in [-0.1, -0.05) is 42.5 Å². The van der Waals surface area contributed by atoms with Gasteiger partial charge in [0.25, 0.3) is 5.91 Å². The van der Waals surface area contributed by atoms with E-state index in [1.165, 1.54) is 11.1 Å². The second kappa shape index (κ2) is 7.10. The molecule has 0 radical (unpaired) electrons. The highest BCUT2D eigenvalue weighted by Gasteiger charge is 2.30.